The predicted octanol–water partition coefficient (Wildman–Crippen LogP) is 0.801. The normalized spacial score (nSPS) is 11.3. The number of hydrogen-bond donors (Lipinski definition) is 3. The third kappa shape index (κ3) is 4.18. The molecule has 15 heavy (non-hydrogen) atoms. The van der Waals surface area contributed by atoms with E-state index in [-0.39, 0.29) is 24.9 Å². The van der Waals surface area contributed by atoms with Gasteiger partial charge in [-0.25, -0.2) is 0 Å². The Kier molecular flexibility index (Phi) is 5.74. The van der Waals surface area contributed by atoms with Crippen LogP contribution in [0.5, 0.6) is 0 Å². The molecule has 1 aromatic rings. The molecule has 1 unspecified atom stereocenters. The van der Waals surface area contributed by atoms with Crippen molar-refractivity contribution in [3.63, 3.8) is 0 Å². The number of hydrogen-bond acceptors (Lipinski definition) is 3. The lowest BCUT2D eigenvalue weighted by atomic mass is 10.1. The lowest BCUT2D eigenvalue weighted by Gasteiger charge is -2.08. The monoisotopic (exact) mass is 230 g/mol. The van der Waals surface area contributed by atoms with Crippen LogP contribution < -0.4 is 11.1 Å². The first-order valence-corrected chi connectivity index (χ1v) is 4.42. The molecule has 4 nitrogen and oxygen atoms in total. The molecule has 0 aliphatic rings. The van der Waals surface area contributed by atoms with Crippen LogP contribution in [0.4, 0.5) is 5.69 Å². The summed E-state index contributed by atoms with van der Waals surface area (Å²) < 4.78 is 0. The predicted molar refractivity (Wildman–Crippen MR) is 62.1 cm³/mol. The third-order valence-electron chi connectivity index (χ3n) is 1.76. The van der Waals surface area contributed by atoms with E-state index >= 15 is 0 Å². The van der Waals surface area contributed by atoms with E-state index in [1.54, 1.807) is 31.2 Å². The van der Waals surface area contributed by atoms with Gasteiger partial charge in [0.2, 0.25) is 0 Å². The maximum Gasteiger partial charge on any atom is 0.253 e. The Morgan fingerprint density at radius 1 is 1.53 bits per heavy atom. The number of nitrogens with one attached hydrogen (secondary N) is 1. The van der Waals surface area contributed by atoms with Crippen molar-refractivity contribution in [3.05, 3.63) is 29.8 Å². The highest BCUT2D eigenvalue weighted by atomic mass is 35.5. The maximum atomic E-state index is 11.5. The van der Waals surface area contributed by atoms with Crippen LogP contribution in [0, 0.1) is 0 Å². The number of para-hydroxylation sites is 1. The van der Waals surface area contributed by atoms with Crippen LogP contribution >= 0.6 is 12.4 Å². The average Bonchev–Trinajstić information content (AvgIpc) is 2.15. The molecular formula is C10H15ClN2O2. The second-order valence-corrected chi connectivity index (χ2v) is 3.15. The third-order valence-corrected chi connectivity index (χ3v) is 1.76. The number of anilines is 1. The number of rotatable bonds is 3. The van der Waals surface area contributed by atoms with Gasteiger partial charge >= 0.3 is 0 Å². The Balaban J connectivity index is 0.00000196. The first kappa shape index (κ1) is 13.7. The molecule has 1 atom stereocenters. The Morgan fingerprint density at radius 2 is 2.13 bits per heavy atom. The summed E-state index contributed by atoms with van der Waals surface area (Å²) >= 11 is 0. The van der Waals surface area contributed by atoms with Crippen LogP contribution in [0.2, 0.25) is 0 Å². The minimum Gasteiger partial charge on any atom is -0.398 e. The highest BCUT2D eigenvalue weighted by molar-refractivity contribution is 5.99. The van der Waals surface area contributed by atoms with E-state index in [0.717, 1.165) is 0 Å². The molecule has 0 saturated heterocycles. The number of aliphatic hydroxyl groups excluding tert-OH is 1. The topological polar surface area (TPSA) is 75.3 Å². The smallest absolute Gasteiger partial charge is 0.253 e. The summed E-state index contributed by atoms with van der Waals surface area (Å²) in [4.78, 5) is 11.5. The van der Waals surface area contributed by atoms with E-state index in [1.165, 1.54) is 0 Å². The van der Waals surface area contributed by atoms with Crippen molar-refractivity contribution in [2.45, 2.75) is 13.0 Å². The van der Waals surface area contributed by atoms with Crippen molar-refractivity contribution in [1.82, 2.24) is 5.32 Å². The van der Waals surface area contributed by atoms with Crippen LogP contribution in [0.1, 0.15) is 17.3 Å². The average molecular weight is 231 g/mol. The lowest BCUT2D eigenvalue weighted by molar-refractivity contribution is 0.0925. The number of amides is 1. The fourth-order valence-corrected chi connectivity index (χ4v) is 1.04. The summed E-state index contributed by atoms with van der Waals surface area (Å²) in [6.45, 7) is 1.84. The van der Waals surface area contributed by atoms with Gasteiger partial charge in [0.1, 0.15) is 0 Å². The van der Waals surface area contributed by atoms with E-state index in [2.05, 4.69) is 5.32 Å². The minimum atomic E-state index is -0.552. The second kappa shape index (κ2) is 6.27. The highest BCUT2D eigenvalue weighted by Crippen LogP contribution is 2.09. The number of carbonyl (C=O) groups is 1. The van der Waals surface area contributed by atoms with Crippen LogP contribution in [0.3, 0.4) is 0 Å². The van der Waals surface area contributed by atoms with Crippen molar-refractivity contribution in [2.75, 3.05) is 12.3 Å². The zero-order valence-corrected chi connectivity index (χ0v) is 9.25. The number of carbonyl (C=O) groups excluding carboxylic acids is 1. The van der Waals surface area contributed by atoms with E-state index in [9.17, 15) is 4.79 Å². The van der Waals surface area contributed by atoms with Gasteiger partial charge in [0.25, 0.3) is 5.91 Å². The minimum absolute atomic E-state index is 0. The largest absolute Gasteiger partial charge is 0.398 e. The molecule has 0 saturated carbocycles. The number of halogens is 1. The van der Waals surface area contributed by atoms with Crippen molar-refractivity contribution in [1.29, 1.82) is 0 Å². The molecule has 0 aliphatic carbocycles. The molecule has 0 aromatic heterocycles. The van der Waals surface area contributed by atoms with E-state index in [4.69, 9.17) is 10.8 Å². The van der Waals surface area contributed by atoms with Gasteiger partial charge in [-0.05, 0) is 19.1 Å². The van der Waals surface area contributed by atoms with E-state index < -0.39 is 6.10 Å². The van der Waals surface area contributed by atoms with Crippen molar-refractivity contribution < 1.29 is 9.90 Å². The van der Waals surface area contributed by atoms with Gasteiger partial charge in [0.15, 0.2) is 0 Å². The Morgan fingerprint density at radius 3 is 2.67 bits per heavy atom. The van der Waals surface area contributed by atoms with E-state index in [0.29, 0.717) is 11.3 Å². The summed E-state index contributed by atoms with van der Waals surface area (Å²) in [5.41, 5.74) is 6.48. The van der Waals surface area contributed by atoms with Gasteiger partial charge in [-0.15, -0.1) is 12.4 Å². The summed E-state index contributed by atoms with van der Waals surface area (Å²) in [5.74, 6) is -0.260. The van der Waals surface area contributed by atoms with Crippen LogP contribution in [0.15, 0.2) is 24.3 Å². The van der Waals surface area contributed by atoms with Gasteiger partial charge in [-0.1, -0.05) is 12.1 Å². The molecule has 1 aromatic carbocycles. The molecule has 0 fully saturated rings. The van der Waals surface area contributed by atoms with Crippen molar-refractivity contribution in [2.24, 2.45) is 0 Å². The number of benzene rings is 1. The number of nitrogen functional groups attached to an aromatic ring is 1. The molecule has 0 spiro atoms. The Hall–Kier alpha value is -1.26. The first-order valence-electron chi connectivity index (χ1n) is 4.42. The number of aliphatic hydroxyl groups is 1. The molecule has 84 valence electrons. The molecule has 0 bridgehead atoms. The fraction of sp³-hybridized carbons (Fsp3) is 0.300. The molecule has 1 rings (SSSR count). The van der Waals surface area contributed by atoms with Crippen LogP contribution in [-0.2, 0) is 0 Å². The molecular weight excluding hydrogens is 216 g/mol. The first-order chi connectivity index (χ1) is 6.61. The summed E-state index contributed by atoms with van der Waals surface area (Å²) in [7, 11) is 0. The maximum absolute atomic E-state index is 11.5. The van der Waals surface area contributed by atoms with Crippen molar-refractivity contribution in [3.8, 4) is 0 Å². The molecule has 5 heteroatoms. The van der Waals surface area contributed by atoms with Crippen LogP contribution in [0.25, 0.3) is 0 Å². The van der Waals surface area contributed by atoms with Gasteiger partial charge < -0.3 is 16.2 Å². The standard InChI is InChI=1S/C10H14N2O2.ClH/c1-7(13)6-12-10(14)8-4-2-3-5-9(8)11;/h2-5,7,13H,6,11H2,1H3,(H,12,14);1H. The Bertz CT molecular complexity index is 329. The van der Waals surface area contributed by atoms with E-state index in [1.807, 2.05) is 0 Å². The number of nitrogens with two attached hydrogens (primary N) is 1. The lowest BCUT2D eigenvalue weighted by Crippen LogP contribution is -2.30. The van der Waals surface area contributed by atoms with Gasteiger partial charge in [0.05, 0.1) is 11.7 Å². The zero-order chi connectivity index (χ0) is 10.6. The summed E-state index contributed by atoms with van der Waals surface area (Å²) in [6.07, 6.45) is -0.552. The second-order valence-electron chi connectivity index (χ2n) is 3.15. The fourth-order valence-electron chi connectivity index (χ4n) is 1.04. The highest BCUT2D eigenvalue weighted by Gasteiger charge is 2.08. The van der Waals surface area contributed by atoms with Gasteiger partial charge in [-0.2, -0.15) is 0 Å². The van der Waals surface area contributed by atoms with Gasteiger partial charge in [0, 0.05) is 12.2 Å². The molecule has 0 aliphatic heterocycles. The summed E-state index contributed by atoms with van der Waals surface area (Å²) in [5, 5.41) is 11.5. The quantitative estimate of drug-likeness (QED) is 0.673. The summed E-state index contributed by atoms with van der Waals surface area (Å²) in [6, 6.07) is 6.82. The Labute approximate surface area is 94.9 Å². The SMILES string of the molecule is CC(O)CNC(=O)c1ccccc1N.Cl. The van der Waals surface area contributed by atoms with Crippen molar-refractivity contribution >= 4 is 24.0 Å². The van der Waals surface area contributed by atoms with Crippen LogP contribution in [-0.4, -0.2) is 23.7 Å². The van der Waals surface area contributed by atoms with Gasteiger partial charge in [-0.3, -0.25) is 4.79 Å². The zero-order valence-electron chi connectivity index (χ0n) is 8.43. The molecule has 0 radical (unpaired) electrons. The molecule has 1 amide bonds. The molecule has 0 heterocycles. The molecule has 4 N–H and O–H groups in total.